The summed E-state index contributed by atoms with van der Waals surface area (Å²) in [5.41, 5.74) is -0.0646. The third-order valence-corrected chi connectivity index (χ3v) is 1.87. The van der Waals surface area contributed by atoms with Crippen molar-refractivity contribution in [1.29, 1.82) is 0 Å². The van der Waals surface area contributed by atoms with Crippen LogP contribution in [0.3, 0.4) is 0 Å². The second-order valence-electron chi connectivity index (χ2n) is 3.21. The van der Waals surface area contributed by atoms with E-state index in [0.29, 0.717) is 13.1 Å². The predicted molar refractivity (Wildman–Crippen MR) is 51.5 cm³/mol. The molecule has 3 N–H and O–H groups in total. The highest BCUT2D eigenvalue weighted by Crippen LogP contribution is 1.92. The number of carboxylic acids is 1. The lowest BCUT2D eigenvalue weighted by molar-refractivity contribution is 0.0690. The minimum atomic E-state index is -1.09. The van der Waals surface area contributed by atoms with Gasteiger partial charge in [-0.2, -0.15) is 0 Å². The molecule has 0 radical (unpaired) electrons. The lowest BCUT2D eigenvalue weighted by Gasteiger charge is -2.09. The van der Waals surface area contributed by atoms with Gasteiger partial charge in [-0.15, -0.1) is 5.10 Å². The van der Waals surface area contributed by atoms with Gasteiger partial charge in [-0.25, -0.2) is 4.79 Å². The van der Waals surface area contributed by atoms with Crippen LogP contribution in [-0.2, 0) is 6.54 Å². The van der Waals surface area contributed by atoms with Crippen molar-refractivity contribution >= 4 is 5.97 Å². The second kappa shape index (κ2) is 5.42. The quantitative estimate of drug-likeness (QED) is 0.558. The molecule has 1 aromatic rings. The predicted octanol–water partition coefficient (Wildman–Crippen LogP) is -1.05. The normalized spacial score (nSPS) is 12.7. The monoisotopic (exact) mass is 214 g/mol. The van der Waals surface area contributed by atoms with Crippen LogP contribution in [-0.4, -0.2) is 50.4 Å². The summed E-state index contributed by atoms with van der Waals surface area (Å²) in [4.78, 5) is 10.5. The van der Waals surface area contributed by atoms with E-state index >= 15 is 0 Å². The van der Waals surface area contributed by atoms with Gasteiger partial charge in [0.15, 0.2) is 5.69 Å². The Morgan fingerprint density at radius 3 is 3.00 bits per heavy atom. The van der Waals surface area contributed by atoms with Crippen LogP contribution in [0.2, 0.25) is 0 Å². The molecule has 0 aliphatic carbocycles. The minimum absolute atomic E-state index is 0.0208. The van der Waals surface area contributed by atoms with Crippen molar-refractivity contribution in [2.24, 2.45) is 0 Å². The molecule has 0 saturated carbocycles. The number of aliphatic hydroxyl groups is 1. The first-order valence-corrected chi connectivity index (χ1v) is 4.61. The first kappa shape index (κ1) is 11.6. The van der Waals surface area contributed by atoms with Gasteiger partial charge in [0.1, 0.15) is 0 Å². The average Bonchev–Trinajstić information content (AvgIpc) is 2.66. The smallest absolute Gasteiger partial charge is 0.358 e. The summed E-state index contributed by atoms with van der Waals surface area (Å²) >= 11 is 0. The number of carboxylic acid groups (broad SMARTS) is 1. The lowest BCUT2D eigenvalue weighted by atomic mass is 10.3. The highest BCUT2D eigenvalue weighted by Gasteiger charge is 2.07. The molecule has 0 saturated heterocycles. The Balaban J connectivity index is 2.35. The average molecular weight is 214 g/mol. The Morgan fingerprint density at radius 1 is 1.73 bits per heavy atom. The van der Waals surface area contributed by atoms with Crippen LogP contribution in [0.15, 0.2) is 6.20 Å². The number of aliphatic hydroxyl groups excluding tert-OH is 1. The Morgan fingerprint density at radius 2 is 2.47 bits per heavy atom. The Bertz CT molecular complexity index is 325. The van der Waals surface area contributed by atoms with Gasteiger partial charge in [-0.3, -0.25) is 4.68 Å². The van der Waals surface area contributed by atoms with Gasteiger partial charge in [-0.1, -0.05) is 5.21 Å². The number of hydrogen-bond donors (Lipinski definition) is 3. The molecule has 0 aromatic carbocycles. The number of hydrogen-bond acceptors (Lipinski definition) is 5. The molecular formula is C8H14N4O3. The van der Waals surface area contributed by atoms with Crippen LogP contribution < -0.4 is 5.32 Å². The zero-order chi connectivity index (χ0) is 11.3. The largest absolute Gasteiger partial charge is 0.476 e. The van der Waals surface area contributed by atoms with E-state index in [4.69, 9.17) is 10.2 Å². The molecule has 0 spiro atoms. The van der Waals surface area contributed by atoms with Gasteiger partial charge in [-0.05, 0) is 6.92 Å². The maximum Gasteiger partial charge on any atom is 0.358 e. The molecule has 7 heteroatoms. The van der Waals surface area contributed by atoms with Crippen LogP contribution in [0.25, 0.3) is 0 Å². The fourth-order valence-corrected chi connectivity index (χ4v) is 0.996. The summed E-state index contributed by atoms with van der Waals surface area (Å²) in [6.45, 7) is 3.04. The van der Waals surface area contributed by atoms with Crippen molar-refractivity contribution < 1.29 is 15.0 Å². The van der Waals surface area contributed by atoms with E-state index in [9.17, 15) is 4.79 Å². The van der Waals surface area contributed by atoms with Gasteiger partial charge in [0, 0.05) is 12.6 Å². The highest BCUT2D eigenvalue weighted by molar-refractivity contribution is 5.84. The second-order valence-corrected chi connectivity index (χ2v) is 3.21. The molecule has 84 valence electrons. The van der Waals surface area contributed by atoms with E-state index in [0.717, 1.165) is 0 Å². The summed E-state index contributed by atoms with van der Waals surface area (Å²) in [5, 5.41) is 27.5. The van der Waals surface area contributed by atoms with E-state index in [1.807, 2.05) is 6.92 Å². The summed E-state index contributed by atoms with van der Waals surface area (Å²) in [6.07, 6.45) is 1.37. The standard InChI is InChI=1S/C8H14N4O3/c1-6(5-13)9-2-3-12-4-7(8(14)15)10-11-12/h4,6,9,13H,2-3,5H2,1H3,(H,14,15). The number of rotatable bonds is 6. The van der Waals surface area contributed by atoms with Gasteiger partial charge < -0.3 is 15.5 Å². The molecule has 15 heavy (non-hydrogen) atoms. The first-order valence-electron chi connectivity index (χ1n) is 4.61. The van der Waals surface area contributed by atoms with Gasteiger partial charge in [0.25, 0.3) is 0 Å². The third kappa shape index (κ3) is 3.64. The van der Waals surface area contributed by atoms with E-state index in [1.165, 1.54) is 10.9 Å². The number of nitrogens with one attached hydrogen (secondary N) is 1. The van der Waals surface area contributed by atoms with Crippen LogP contribution in [0.5, 0.6) is 0 Å². The van der Waals surface area contributed by atoms with Crippen molar-refractivity contribution in [1.82, 2.24) is 20.3 Å². The molecule has 1 rings (SSSR count). The fourth-order valence-electron chi connectivity index (χ4n) is 0.996. The summed E-state index contributed by atoms with van der Waals surface area (Å²) in [5.74, 6) is -1.09. The molecular weight excluding hydrogens is 200 g/mol. The van der Waals surface area contributed by atoms with Crippen molar-refractivity contribution in [3.8, 4) is 0 Å². The Labute approximate surface area is 86.7 Å². The van der Waals surface area contributed by atoms with Gasteiger partial charge in [0.2, 0.25) is 0 Å². The lowest BCUT2D eigenvalue weighted by Crippen LogP contribution is -2.32. The van der Waals surface area contributed by atoms with Crippen molar-refractivity contribution in [2.45, 2.75) is 19.5 Å². The maximum atomic E-state index is 10.5. The van der Waals surface area contributed by atoms with Crippen molar-refractivity contribution in [2.75, 3.05) is 13.2 Å². The maximum absolute atomic E-state index is 10.5. The highest BCUT2D eigenvalue weighted by atomic mass is 16.4. The third-order valence-electron chi connectivity index (χ3n) is 1.87. The number of nitrogens with zero attached hydrogens (tertiary/aromatic N) is 3. The molecule has 0 bridgehead atoms. The topological polar surface area (TPSA) is 100 Å². The minimum Gasteiger partial charge on any atom is -0.476 e. The summed E-state index contributed by atoms with van der Waals surface area (Å²) < 4.78 is 1.44. The number of carbonyl (C=O) groups is 1. The molecule has 1 atom stereocenters. The van der Waals surface area contributed by atoms with E-state index < -0.39 is 5.97 Å². The van der Waals surface area contributed by atoms with Gasteiger partial charge >= 0.3 is 5.97 Å². The zero-order valence-corrected chi connectivity index (χ0v) is 8.42. The number of aromatic nitrogens is 3. The first-order chi connectivity index (χ1) is 7.13. The molecule has 0 fully saturated rings. The van der Waals surface area contributed by atoms with Crippen molar-refractivity contribution in [3.63, 3.8) is 0 Å². The van der Waals surface area contributed by atoms with E-state index in [1.54, 1.807) is 0 Å². The van der Waals surface area contributed by atoms with Crippen LogP contribution >= 0.6 is 0 Å². The van der Waals surface area contributed by atoms with Gasteiger partial charge in [0.05, 0.1) is 19.3 Å². The molecule has 7 nitrogen and oxygen atoms in total. The van der Waals surface area contributed by atoms with Crippen LogP contribution in [0.4, 0.5) is 0 Å². The Hall–Kier alpha value is -1.47. The van der Waals surface area contributed by atoms with Crippen LogP contribution in [0.1, 0.15) is 17.4 Å². The van der Waals surface area contributed by atoms with E-state index in [2.05, 4.69) is 15.6 Å². The molecule has 0 amide bonds. The Kier molecular flexibility index (Phi) is 4.19. The van der Waals surface area contributed by atoms with Crippen LogP contribution in [0, 0.1) is 0 Å². The molecule has 0 aliphatic rings. The number of aromatic carboxylic acids is 1. The zero-order valence-electron chi connectivity index (χ0n) is 8.42. The summed E-state index contributed by atoms with van der Waals surface area (Å²) in [6, 6.07) is 0.0208. The SMILES string of the molecule is CC(CO)NCCn1cc(C(=O)O)nn1. The fraction of sp³-hybridized carbons (Fsp3) is 0.625. The molecule has 1 aromatic heterocycles. The molecule has 1 heterocycles. The molecule has 0 aliphatic heterocycles. The van der Waals surface area contributed by atoms with Crippen molar-refractivity contribution in [3.05, 3.63) is 11.9 Å². The molecule has 1 unspecified atom stereocenters. The summed E-state index contributed by atoms with van der Waals surface area (Å²) in [7, 11) is 0. The van der Waals surface area contributed by atoms with E-state index in [-0.39, 0.29) is 18.3 Å².